The highest BCUT2D eigenvalue weighted by molar-refractivity contribution is 5.82. The molecular formula is C24H42N4O4. The number of rotatable bonds is 7. The summed E-state index contributed by atoms with van der Waals surface area (Å²) in [5, 5.41) is 10.9. The molecule has 2 unspecified atom stereocenters. The van der Waals surface area contributed by atoms with Gasteiger partial charge in [0.2, 0.25) is 11.8 Å². The van der Waals surface area contributed by atoms with Crippen molar-refractivity contribution in [2.75, 3.05) is 60.0 Å². The molecule has 4 aliphatic rings. The van der Waals surface area contributed by atoms with Crippen LogP contribution in [0.2, 0.25) is 0 Å². The van der Waals surface area contributed by atoms with Gasteiger partial charge in [0, 0.05) is 45.3 Å². The summed E-state index contributed by atoms with van der Waals surface area (Å²) >= 11 is 0. The monoisotopic (exact) mass is 450 g/mol. The third-order valence-corrected chi connectivity index (χ3v) is 8.16. The highest BCUT2D eigenvalue weighted by Crippen LogP contribution is 2.39. The molecule has 4 fully saturated rings. The van der Waals surface area contributed by atoms with E-state index < -0.39 is 11.2 Å². The molecule has 8 heteroatoms. The number of likely N-dealkylation sites (N-methyl/N-ethyl adjacent to an activating group) is 2. The largest absolute Gasteiger partial charge is 0.386 e. The number of carbonyl (C=O) groups excluding carboxylic acids is 2. The molecule has 4 aliphatic heterocycles. The molecule has 182 valence electrons. The summed E-state index contributed by atoms with van der Waals surface area (Å²) in [5.74, 6) is -0.156. The quantitative estimate of drug-likeness (QED) is 0.614. The Hall–Kier alpha value is -1.22. The predicted molar refractivity (Wildman–Crippen MR) is 122 cm³/mol. The highest BCUT2D eigenvalue weighted by atomic mass is 16.5. The highest BCUT2D eigenvalue weighted by Gasteiger charge is 2.54. The minimum atomic E-state index is -0.891. The van der Waals surface area contributed by atoms with Gasteiger partial charge in [-0.2, -0.15) is 0 Å². The second-order valence-corrected chi connectivity index (χ2v) is 11.2. The van der Waals surface area contributed by atoms with Gasteiger partial charge in [-0.25, -0.2) is 0 Å². The van der Waals surface area contributed by atoms with Gasteiger partial charge in [0.15, 0.2) is 0 Å². The number of β-amino-alcohol motifs (C(OH)–C–C–N with tert-alkyl or cyclic N) is 1. The van der Waals surface area contributed by atoms with Crippen molar-refractivity contribution in [2.24, 2.45) is 11.8 Å². The molecule has 0 aromatic rings. The summed E-state index contributed by atoms with van der Waals surface area (Å²) in [6.45, 7) is 10.8. The molecule has 0 saturated carbocycles. The maximum absolute atomic E-state index is 13.3. The van der Waals surface area contributed by atoms with E-state index in [0.717, 1.165) is 45.3 Å². The van der Waals surface area contributed by atoms with E-state index in [2.05, 4.69) is 30.7 Å². The first-order chi connectivity index (χ1) is 15.1. The zero-order chi connectivity index (χ0) is 23.3. The Balaban J connectivity index is 1.41. The molecule has 4 rings (SSSR count). The lowest BCUT2D eigenvalue weighted by molar-refractivity contribution is -0.199. The van der Waals surface area contributed by atoms with E-state index in [9.17, 15) is 14.7 Å². The summed E-state index contributed by atoms with van der Waals surface area (Å²) in [6.07, 6.45) is 3.54. The molecule has 0 radical (unpaired) electrons. The van der Waals surface area contributed by atoms with Crippen molar-refractivity contribution in [1.29, 1.82) is 0 Å². The number of amides is 2. The topological polar surface area (TPSA) is 76.6 Å². The van der Waals surface area contributed by atoms with Gasteiger partial charge in [-0.1, -0.05) is 0 Å². The van der Waals surface area contributed by atoms with Crippen LogP contribution < -0.4 is 0 Å². The van der Waals surface area contributed by atoms with Crippen LogP contribution in [-0.4, -0.2) is 120 Å². The van der Waals surface area contributed by atoms with Crippen LogP contribution in [0.4, 0.5) is 0 Å². The number of likely N-dealkylation sites (tertiary alicyclic amines) is 4. The van der Waals surface area contributed by atoms with Crippen LogP contribution in [0.5, 0.6) is 0 Å². The summed E-state index contributed by atoms with van der Waals surface area (Å²) in [6, 6.07) is 0.132. The fourth-order valence-corrected chi connectivity index (χ4v) is 6.50. The third kappa shape index (κ3) is 4.19. The Labute approximate surface area is 192 Å². The van der Waals surface area contributed by atoms with Crippen molar-refractivity contribution in [3.8, 4) is 0 Å². The molecule has 32 heavy (non-hydrogen) atoms. The van der Waals surface area contributed by atoms with Crippen LogP contribution >= 0.6 is 0 Å². The summed E-state index contributed by atoms with van der Waals surface area (Å²) in [4.78, 5) is 34.7. The smallest absolute Gasteiger partial charge is 0.229 e. The molecule has 0 aromatic carbocycles. The molecule has 0 bridgehead atoms. The van der Waals surface area contributed by atoms with Gasteiger partial charge in [0.1, 0.15) is 11.2 Å². The van der Waals surface area contributed by atoms with E-state index in [0.29, 0.717) is 26.2 Å². The van der Waals surface area contributed by atoms with Crippen LogP contribution in [0, 0.1) is 11.8 Å². The number of ether oxygens (including phenoxy) is 1. The molecule has 4 saturated heterocycles. The fraction of sp³-hybridized carbons (Fsp3) is 0.917. The third-order valence-electron chi connectivity index (χ3n) is 8.16. The summed E-state index contributed by atoms with van der Waals surface area (Å²) in [7, 11) is 4.03. The van der Waals surface area contributed by atoms with E-state index in [-0.39, 0.29) is 35.7 Å². The first-order valence-electron chi connectivity index (χ1n) is 12.4. The molecule has 4 heterocycles. The van der Waals surface area contributed by atoms with Gasteiger partial charge in [-0.15, -0.1) is 0 Å². The lowest BCUT2D eigenvalue weighted by Crippen LogP contribution is -2.70. The minimum absolute atomic E-state index is 0.0578. The molecule has 0 spiro atoms. The van der Waals surface area contributed by atoms with Crippen molar-refractivity contribution < 1.29 is 19.4 Å². The van der Waals surface area contributed by atoms with Gasteiger partial charge in [0.25, 0.3) is 0 Å². The van der Waals surface area contributed by atoms with E-state index in [4.69, 9.17) is 4.74 Å². The zero-order valence-corrected chi connectivity index (χ0v) is 20.5. The molecule has 0 aliphatic carbocycles. The number of carbonyl (C=O) groups is 2. The Bertz CT molecular complexity index is 717. The van der Waals surface area contributed by atoms with Crippen molar-refractivity contribution in [3.63, 3.8) is 0 Å². The van der Waals surface area contributed by atoms with Crippen LogP contribution in [-0.2, 0) is 14.3 Å². The standard InChI is InChI=1S/C24H42N4O4/c1-17(2)27-10-7-9-20(22(27)30)24(15-26(5)16-24)32-12-18(3)28-11-6-8-19(21(28)29)23(31)13-25(4)14-23/h17-20,31H,6-16H2,1-5H3/t18?,19-,20?/m1/s1. The van der Waals surface area contributed by atoms with E-state index >= 15 is 0 Å². The van der Waals surface area contributed by atoms with Crippen LogP contribution in [0.25, 0.3) is 0 Å². The molecule has 8 nitrogen and oxygen atoms in total. The number of piperidine rings is 2. The number of hydrogen-bond acceptors (Lipinski definition) is 6. The normalized spacial score (nSPS) is 32.1. The van der Waals surface area contributed by atoms with Crippen LogP contribution in [0.3, 0.4) is 0 Å². The summed E-state index contributed by atoms with van der Waals surface area (Å²) in [5.41, 5.74) is -1.35. The minimum Gasteiger partial charge on any atom is -0.386 e. The van der Waals surface area contributed by atoms with Gasteiger partial charge in [-0.05, 0) is 60.5 Å². The van der Waals surface area contributed by atoms with Gasteiger partial charge < -0.3 is 29.4 Å². The van der Waals surface area contributed by atoms with E-state index in [1.54, 1.807) is 0 Å². The van der Waals surface area contributed by atoms with Gasteiger partial charge in [0.05, 0.1) is 24.5 Å². The average Bonchev–Trinajstić information content (AvgIpc) is 2.69. The van der Waals surface area contributed by atoms with Crippen LogP contribution in [0.1, 0.15) is 46.5 Å². The van der Waals surface area contributed by atoms with E-state index in [1.165, 1.54) is 0 Å². The number of hydrogen-bond donors (Lipinski definition) is 1. The van der Waals surface area contributed by atoms with Crippen LogP contribution in [0.15, 0.2) is 0 Å². The Morgan fingerprint density at radius 1 is 0.906 bits per heavy atom. The number of nitrogens with zero attached hydrogens (tertiary/aromatic N) is 4. The van der Waals surface area contributed by atoms with E-state index in [1.807, 2.05) is 23.8 Å². The Kier molecular flexibility index (Phi) is 6.62. The van der Waals surface area contributed by atoms with Crippen molar-refractivity contribution in [3.05, 3.63) is 0 Å². The van der Waals surface area contributed by atoms with Crippen molar-refractivity contribution in [2.45, 2.75) is 69.7 Å². The maximum Gasteiger partial charge on any atom is 0.229 e. The molecular weight excluding hydrogens is 408 g/mol. The first-order valence-corrected chi connectivity index (χ1v) is 12.4. The number of aliphatic hydroxyl groups is 1. The van der Waals surface area contributed by atoms with Crippen molar-refractivity contribution in [1.82, 2.24) is 19.6 Å². The van der Waals surface area contributed by atoms with Crippen molar-refractivity contribution >= 4 is 11.8 Å². The zero-order valence-electron chi connectivity index (χ0n) is 20.5. The average molecular weight is 451 g/mol. The molecule has 1 N–H and O–H groups in total. The lowest BCUT2D eigenvalue weighted by Gasteiger charge is -2.55. The lowest BCUT2D eigenvalue weighted by atomic mass is 9.75. The van der Waals surface area contributed by atoms with Gasteiger partial charge >= 0.3 is 0 Å². The maximum atomic E-state index is 13.3. The molecule has 3 atom stereocenters. The molecule has 0 aromatic heterocycles. The second kappa shape index (κ2) is 8.85. The fourth-order valence-electron chi connectivity index (χ4n) is 6.50. The summed E-state index contributed by atoms with van der Waals surface area (Å²) < 4.78 is 6.56. The van der Waals surface area contributed by atoms with Gasteiger partial charge in [-0.3, -0.25) is 9.59 Å². The SMILES string of the molecule is CC(C)N1CCCC(C2(OCC(C)N3CCC[C@@H](C4(O)CN(C)C4)C3=O)CN(C)C2)C1=O. The Morgan fingerprint density at radius 3 is 2.00 bits per heavy atom. The first kappa shape index (κ1) is 23.9. The second-order valence-electron chi connectivity index (χ2n) is 11.2. The predicted octanol–water partition coefficient (Wildman–Crippen LogP) is 0.638. The Morgan fingerprint density at radius 2 is 1.44 bits per heavy atom. The molecule has 2 amide bonds.